The molecule has 7 nitrogen and oxygen atoms in total. The van der Waals surface area contributed by atoms with E-state index < -0.39 is 6.67 Å². The number of thiazole rings is 1. The van der Waals surface area contributed by atoms with Gasteiger partial charge in [0.1, 0.15) is 27.7 Å². The minimum absolute atomic E-state index is 0.0999. The van der Waals surface area contributed by atoms with Crippen molar-refractivity contribution in [2.24, 2.45) is 0 Å². The van der Waals surface area contributed by atoms with Gasteiger partial charge in [0.05, 0.1) is 23.4 Å². The summed E-state index contributed by atoms with van der Waals surface area (Å²) in [5.41, 5.74) is 4.02. The summed E-state index contributed by atoms with van der Waals surface area (Å²) in [5.74, 6) is 1.21. The zero-order valence-corrected chi connectivity index (χ0v) is 22.7. The van der Waals surface area contributed by atoms with E-state index in [9.17, 15) is 4.39 Å². The van der Waals surface area contributed by atoms with Crippen molar-refractivity contribution < 1.29 is 28.1 Å². The molecule has 0 saturated carbocycles. The molecule has 1 aromatic heterocycles. The topological polar surface area (TPSA) is 62.3 Å². The quantitative estimate of drug-likeness (QED) is 0.176. The molecule has 0 amide bonds. The van der Waals surface area contributed by atoms with Gasteiger partial charge in [-0.1, -0.05) is 0 Å². The summed E-state index contributed by atoms with van der Waals surface area (Å²) in [6.07, 6.45) is 3.92. The summed E-state index contributed by atoms with van der Waals surface area (Å²) in [4.78, 5) is 6.89. The van der Waals surface area contributed by atoms with E-state index in [0.717, 1.165) is 32.0 Å². The Kier molecular flexibility index (Phi) is 10.7. The van der Waals surface area contributed by atoms with E-state index in [-0.39, 0.29) is 20.2 Å². The fourth-order valence-corrected chi connectivity index (χ4v) is 4.87. The van der Waals surface area contributed by atoms with Crippen LogP contribution >= 0.6 is 27.3 Å². The number of methoxy groups -OCH3 is 2. The molecule has 0 fully saturated rings. The number of aryl methyl sites for hydroxylation is 1. The maximum Gasteiger partial charge on any atom is 0.188 e. The van der Waals surface area contributed by atoms with Gasteiger partial charge >= 0.3 is 0 Å². The van der Waals surface area contributed by atoms with Crippen LogP contribution < -0.4 is 14.4 Å². The summed E-state index contributed by atoms with van der Waals surface area (Å²) in [6.45, 7) is 3.12. The van der Waals surface area contributed by atoms with Crippen LogP contribution in [0.4, 0.5) is 10.1 Å². The lowest BCUT2D eigenvalue weighted by molar-refractivity contribution is 0.0449. The van der Waals surface area contributed by atoms with E-state index in [0.29, 0.717) is 29.1 Å². The fraction of sp³-hybridized carbons (Fsp3) is 0.400. The van der Waals surface area contributed by atoms with Crippen LogP contribution in [-0.2, 0) is 14.2 Å². The molecule has 0 saturated heterocycles. The lowest BCUT2D eigenvalue weighted by Crippen LogP contribution is -2.23. The fourth-order valence-electron chi connectivity index (χ4n) is 3.39. The third-order valence-electron chi connectivity index (χ3n) is 5.08. The number of hydrogen-bond acceptors (Lipinski definition) is 8. The summed E-state index contributed by atoms with van der Waals surface area (Å²) >= 11 is 5.17. The lowest BCUT2D eigenvalue weighted by atomic mass is 10.1. The van der Waals surface area contributed by atoms with Crippen molar-refractivity contribution in [2.45, 2.75) is 6.92 Å². The summed E-state index contributed by atoms with van der Waals surface area (Å²) in [6, 6.07) is 7.99. The molecule has 0 N–H and O–H groups in total. The van der Waals surface area contributed by atoms with Crippen LogP contribution in [0.1, 0.15) is 16.1 Å². The van der Waals surface area contributed by atoms with Gasteiger partial charge in [0, 0.05) is 39.1 Å². The molecule has 3 aromatic rings. The Morgan fingerprint density at radius 1 is 1.09 bits per heavy atom. The van der Waals surface area contributed by atoms with Gasteiger partial charge in [-0.15, -0.1) is 11.3 Å². The molecular formula is C25H30BrFN2O5S. The van der Waals surface area contributed by atoms with Gasteiger partial charge in [-0.2, -0.15) is 0 Å². The van der Waals surface area contributed by atoms with Gasteiger partial charge in [-0.3, -0.25) is 0 Å². The Bertz CT molecular complexity index is 1140. The van der Waals surface area contributed by atoms with Crippen molar-refractivity contribution in [1.82, 2.24) is 4.98 Å². The highest BCUT2D eigenvalue weighted by molar-refractivity contribution is 9.10. The molecule has 190 valence electrons. The van der Waals surface area contributed by atoms with Crippen LogP contribution in [0, 0.1) is 6.92 Å². The van der Waals surface area contributed by atoms with Crippen molar-refractivity contribution in [2.75, 3.05) is 66.2 Å². The van der Waals surface area contributed by atoms with Crippen molar-refractivity contribution in [3.63, 3.8) is 0 Å². The molecule has 0 unspecified atom stereocenters. The second kappa shape index (κ2) is 13.7. The molecule has 0 aliphatic rings. The Balaban J connectivity index is 1.83. The minimum Gasteiger partial charge on any atom is -0.466 e. The van der Waals surface area contributed by atoms with Gasteiger partial charge in [0.2, 0.25) is 0 Å². The lowest BCUT2D eigenvalue weighted by Gasteiger charge is -2.21. The van der Waals surface area contributed by atoms with Crippen LogP contribution in [0.25, 0.3) is 22.4 Å². The first-order chi connectivity index (χ1) is 17.0. The monoisotopic (exact) mass is 568 g/mol. The van der Waals surface area contributed by atoms with Crippen LogP contribution in [0.2, 0.25) is 0 Å². The first-order valence-electron chi connectivity index (χ1n) is 11.0. The zero-order valence-electron chi connectivity index (χ0n) is 20.3. The van der Waals surface area contributed by atoms with Gasteiger partial charge in [0.15, 0.2) is 13.6 Å². The van der Waals surface area contributed by atoms with Gasteiger partial charge in [0.25, 0.3) is 0 Å². The molecule has 35 heavy (non-hydrogen) atoms. The van der Waals surface area contributed by atoms with Crippen LogP contribution in [0.5, 0.6) is 11.5 Å². The standard InChI is InChI=1S/C25H30BrFN2O5S/c1-17-13-19-22(14-20(17)29(2)10-12-32-11-9-27)35-23(28-19)8-6-18-5-7-21(33-15-30-3)24(26)25(18)34-16-31-4/h5-8,13-14H,9-12,15-16H2,1-4H3/b8-6+. The minimum atomic E-state index is -0.464. The molecule has 0 spiro atoms. The third kappa shape index (κ3) is 7.37. The van der Waals surface area contributed by atoms with Crippen molar-refractivity contribution in [3.8, 4) is 11.5 Å². The predicted octanol–water partition coefficient (Wildman–Crippen LogP) is 5.93. The van der Waals surface area contributed by atoms with E-state index in [2.05, 4.69) is 39.9 Å². The molecule has 0 aliphatic carbocycles. The normalized spacial score (nSPS) is 11.5. The number of aromatic nitrogens is 1. The number of anilines is 1. The molecule has 2 aromatic carbocycles. The second-order valence-electron chi connectivity index (χ2n) is 7.61. The highest BCUT2D eigenvalue weighted by Crippen LogP contribution is 2.39. The zero-order chi connectivity index (χ0) is 25.2. The number of hydrogen-bond donors (Lipinski definition) is 0. The SMILES string of the molecule is COCOc1ccc(/C=C/c2nc3cc(C)c(N(C)CCOCCF)cc3s2)c(OCOC)c1Br. The van der Waals surface area contributed by atoms with Crippen molar-refractivity contribution in [3.05, 3.63) is 44.9 Å². The first-order valence-corrected chi connectivity index (χ1v) is 12.6. The number of alkyl halides is 1. The molecule has 1 heterocycles. The van der Waals surface area contributed by atoms with E-state index >= 15 is 0 Å². The number of fused-ring (bicyclic) bond motifs is 1. The molecule has 3 rings (SSSR count). The second-order valence-corrected chi connectivity index (χ2v) is 9.47. The van der Waals surface area contributed by atoms with E-state index in [4.69, 9.17) is 28.7 Å². The van der Waals surface area contributed by atoms with Crippen molar-refractivity contribution >= 4 is 55.3 Å². The Morgan fingerprint density at radius 2 is 1.86 bits per heavy atom. The summed E-state index contributed by atoms with van der Waals surface area (Å²) in [5, 5.41) is 0.874. The maximum atomic E-state index is 12.2. The largest absolute Gasteiger partial charge is 0.466 e. The average Bonchev–Trinajstić information content (AvgIpc) is 3.25. The van der Waals surface area contributed by atoms with Crippen LogP contribution in [0.15, 0.2) is 28.7 Å². The molecule has 10 heteroatoms. The Hall–Kier alpha value is -2.24. The van der Waals surface area contributed by atoms with Crippen LogP contribution in [0.3, 0.4) is 0 Å². The number of benzene rings is 2. The highest BCUT2D eigenvalue weighted by Gasteiger charge is 2.14. The number of halogens is 2. The smallest absolute Gasteiger partial charge is 0.188 e. The van der Waals surface area contributed by atoms with Gasteiger partial charge in [-0.05, 0) is 64.8 Å². The molecular weight excluding hydrogens is 539 g/mol. The van der Waals surface area contributed by atoms with Crippen LogP contribution in [-0.4, -0.2) is 66.3 Å². The summed E-state index contributed by atoms with van der Waals surface area (Å²) in [7, 11) is 5.15. The third-order valence-corrected chi connectivity index (χ3v) is 6.81. The van der Waals surface area contributed by atoms with Gasteiger partial charge < -0.3 is 28.6 Å². The molecule has 0 radical (unpaired) electrons. The van der Waals surface area contributed by atoms with E-state index in [1.54, 1.807) is 25.6 Å². The number of rotatable bonds is 14. The molecule has 0 aliphatic heterocycles. The Labute approximate surface area is 217 Å². The average molecular weight is 569 g/mol. The predicted molar refractivity (Wildman–Crippen MR) is 142 cm³/mol. The first kappa shape index (κ1) is 27.3. The van der Waals surface area contributed by atoms with E-state index in [1.165, 1.54) is 0 Å². The highest BCUT2D eigenvalue weighted by atomic mass is 79.9. The van der Waals surface area contributed by atoms with E-state index in [1.807, 2.05) is 31.3 Å². The molecule has 0 atom stereocenters. The maximum absolute atomic E-state index is 12.2. The number of nitrogens with zero attached hydrogens (tertiary/aromatic N) is 2. The van der Waals surface area contributed by atoms with Gasteiger partial charge in [-0.25, -0.2) is 9.37 Å². The summed E-state index contributed by atoms with van der Waals surface area (Å²) < 4.78 is 40.7. The number of likely N-dealkylation sites (N-methyl/N-ethyl adjacent to an activating group) is 1. The molecule has 0 bridgehead atoms. The Morgan fingerprint density at radius 3 is 2.60 bits per heavy atom. The van der Waals surface area contributed by atoms with Crippen molar-refractivity contribution in [1.29, 1.82) is 0 Å². The number of ether oxygens (including phenoxy) is 5.